The van der Waals surface area contributed by atoms with E-state index in [1.165, 1.54) is 6.33 Å². The molecule has 0 radical (unpaired) electrons. The molecule has 0 saturated heterocycles. The summed E-state index contributed by atoms with van der Waals surface area (Å²) in [6, 6.07) is 0. The Labute approximate surface area is 79.9 Å². The van der Waals surface area contributed by atoms with Crippen molar-refractivity contribution in [3.63, 3.8) is 0 Å². The second kappa shape index (κ2) is 4.95. The molecule has 76 valence electrons. The molecule has 0 aliphatic carbocycles. The van der Waals surface area contributed by atoms with Gasteiger partial charge in [0.2, 0.25) is 0 Å². The summed E-state index contributed by atoms with van der Waals surface area (Å²) in [5, 5.41) is 8.63. The summed E-state index contributed by atoms with van der Waals surface area (Å²) in [5.41, 5.74) is 0. The van der Waals surface area contributed by atoms with Gasteiger partial charge >= 0.3 is 11.9 Å². The first-order valence-electron chi connectivity index (χ1n) is 3.94. The number of nitrogens with zero attached hydrogens (tertiary/aromatic N) is 2. The lowest BCUT2D eigenvalue weighted by Gasteiger charge is -2.00. The van der Waals surface area contributed by atoms with E-state index in [1.54, 1.807) is 0 Å². The van der Waals surface area contributed by atoms with Gasteiger partial charge in [-0.2, -0.15) is 5.10 Å². The van der Waals surface area contributed by atoms with Crippen molar-refractivity contribution in [3.8, 4) is 0 Å². The molecule has 0 atom stereocenters. The van der Waals surface area contributed by atoms with E-state index in [-0.39, 0.29) is 0 Å². The quantitative estimate of drug-likeness (QED) is 0.461. The van der Waals surface area contributed by atoms with Crippen molar-refractivity contribution >= 4 is 11.9 Å². The van der Waals surface area contributed by atoms with E-state index in [1.807, 2.05) is 0 Å². The van der Waals surface area contributed by atoms with Gasteiger partial charge in [0, 0.05) is 13.0 Å². The van der Waals surface area contributed by atoms with Gasteiger partial charge in [0.05, 0.1) is 7.11 Å². The van der Waals surface area contributed by atoms with Crippen LogP contribution in [-0.4, -0.2) is 40.7 Å². The monoisotopic (exact) mass is 198 g/mol. The van der Waals surface area contributed by atoms with E-state index >= 15 is 0 Å². The third-order valence-electron chi connectivity index (χ3n) is 1.48. The summed E-state index contributed by atoms with van der Waals surface area (Å²) < 4.78 is 4.21. The minimum absolute atomic E-state index is 0.309. The molecule has 0 saturated carbocycles. The zero-order chi connectivity index (χ0) is 10.4. The molecular weight excluding hydrogens is 188 g/mol. The lowest BCUT2D eigenvalue weighted by Crippen LogP contribution is -2.33. The number of hydrogen-bond donors (Lipinski definition) is 2. The molecule has 1 rings (SSSR count). The van der Waals surface area contributed by atoms with Crippen molar-refractivity contribution in [1.82, 2.24) is 20.5 Å². The highest BCUT2D eigenvalue weighted by Crippen LogP contribution is 1.85. The van der Waals surface area contributed by atoms with Gasteiger partial charge in [-0.15, -0.1) is 0 Å². The van der Waals surface area contributed by atoms with E-state index in [9.17, 15) is 9.59 Å². The van der Waals surface area contributed by atoms with Crippen molar-refractivity contribution in [1.29, 1.82) is 0 Å². The highest BCUT2D eigenvalue weighted by atomic mass is 16.5. The van der Waals surface area contributed by atoms with Crippen LogP contribution in [0.2, 0.25) is 0 Å². The fraction of sp³-hybridized carbons (Fsp3) is 0.429. The topological polar surface area (TPSA) is 97.0 Å². The minimum Gasteiger partial charge on any atom is -0.462 e. The zero-order valence-electron chi connectivity index (χ0n) is 7.61. The number of ether oxygens (including phenoxy) is 1. The van der Waals surface area contributed by atoms with E-state index in [2.05, 4.69) is 25.2 Å². The van der Waals surface area contributed by atoms with Gasteiger partial charge in [0.25, 0.3) is 0 Å². The Hall–Kier alpha value is -1.92. The molecule has 1 heterocycles. The van der Waals surface area contributed by atoms with Crippen LogP contribution in [0.1, 0.15) is 5.82 Å². The Morgan fingerprint density at radius 1 is 1.64 bits per heavy atom. The summed E-state index contributed by atoms with van der Waals surface area (Å²) in [7, 11) is 1.15. The standard InChI is InChI=1S/C7H10N4O3/c1-14-7(13)6(12)8-3-2-5-9-4-10-11-5/h4H,2-3H2,1H3,(H,8,12)(H,9,10,11). The van der Waals surface area contributed by atoms with Crippen LogP contribution in [0.25, 0.3) is 0 Å². The summed E-state index contributed by atoms with van der Waals surface area (Å²) in [5.74, 6) is -1.01. The van der Waals surface area contributed by atoms with Crippen molar-refractivity contribution in [2.24, 2.45) is 0 Å². The molecule has 1 aromatic rings. The molecule has 7 nitrogen and oxygen atoms in total. The number of carbonyl (C=O) groups is 2. The van der Waals surface area contributed by atoms with Crippen molar-refractivity contribution < 1.29 is 14.3 Å². The Morgan fingerprint density at radius 3 is 3.00 bits per heavy atom. The number of methoxy groups -OCH3 is 1. The molecule has 0 unspecified atom stereocenters. The first-order valence-corrected chi connectivity index (χ1v) is 3.94. The van der Waals surface area contributed by atoms with Gasteiger partial charge in [0.1, 0.15) is 12.2 Å². The number of aromatic amines is 1. The third-order valence-corrected chi connectivity index (χ3v) is 1.48. The maximum absolute atomic E-state index is 10.9. The van der Waals surface area contributed by atoms with Crippen LogP contribution in [0.3, 0.4) is 0 Å². The first kappa shape index (κ1) is 10.2. The largest absolute Gasteiger partial charge is 0.462 e. The normalized spacial score (nSPS) is 9.50. The third kappa shape index (κ3) is 2.85. The highest BCUT2D eigenvalue weighted by Gasteiger charge is 2.12. The number of rotatable bonds is 3. The second-order valence-electron chi connectivity index (χ2n) is 2.43. The number of esters is 1. The SMILES string of the molecule is COC(=O)C(=O)NCCc1ncn[nH]1. The highest BCUT2D eigenvalue weighted by molar-refractivity contribution is 6.32. The van der Waals surface area contributed by atoms with E-state index in [4.69, 9.17) is 0 Å². The minimum atomic E-state index is -0.900. The number of aromatic nitrogens is 3. The summed E-state index contributed by atoms with van der Waals surface area (Å²) in [6.07, 6.45) is 1.86. The Bertz CT molecular complexity index is 309. The maximum Gasteiger partial charge on any atom is 0.396 e. The number of nitrogens with one attached hydrogen (secondary N) is 2. The van der Waals surface area contributed by atoms with Gasteiger partial charge in [-0.1, -0.05) is 0 Å². The van der Waals surface area contributed by atoms with Crippen LogP contribution in [-0.2, 0) is 20.7 Å². The average Bonchev–Trinajstić information content (AvgIpc) is 2.69. The molecule has 1 aromatic heterocycles. The molecule has 0 aliphatic rings. The second-order valence-corrected chi connectivity index (χ2v) is 2.43. The van der Waals surface area contributed by atoms with E-state index in [0.29, 0.717) is 18.8 Å². The summed E-state index contributed by atoms with van der Waals surface area (Å²) in [6.45, 7) is 0.309. The summed E-state index contributed by atoms with van der Waals surface area (Å²) >= 11 is 0. The van der Waals surface area contributed by atoms with E-state index in [0.717, 1.165) is 7.11 Å². The van der Waals surface area contributed by atoms with Crippen molar-refractivity contribution in [2.45, 2.75) is 6.42 Å². The van der Waals surface area contributed by atoms with Gasteiger partial charge in [0.15, 0.2) is 0 Å². The van der Waals surface area contributed by atoms with Crippen LogP contribution < -0.4 is 5.32 Å². The molecule has 0 bridgehead atoms. The predicted molar refractivity (Wildman–Crippen MR) is 45.1 cm³/mol. The zero-order valence-corrected chi connectivity index (χ0v) is 7.61. The Balaban J connectivity index is 2.22. The van der Waals surface area contributed by atoms with Crippen LogP contribution in [0.4, 0.5) is 0 Å². The van der Waals surface area contributed by atoms with Crippen LogP contribution >= 0.6 is 0 Å². The molecule has 0 fully saturated rings. The smallest absolute Gasteiger partial charge is 0.396 e. The van der Waals surface area contributed by atoms with Gasteiger partial charge in [-0.25, -0.2) is 9.78 Å². The molecule has 1 amide bonds. The summed E-state index contributed by atoms with van der Waals surface area (Å²) in [4.78, 5) is 25.3. The lowest BCUT2D eigenvalue weighted by atomic mass is 10.4. The number of carbonyl (C=O) groups excluding carboxylic acids is 2. The molecule has 7 heteroatoms. The Morgan fingerprint density at radius 2 is 2.43 bits per heavy atom. The first-order chi connectivity index (χ1) is 6.74. The molecule has 2 N–H and O–H groups in total. The van der Waals surface area contributed by atoms with Crippen LogP contribution in [0, 0.1) is 0 Å². The van der Waals surface area contributed by atoms with Gasteiger partial charge < -0.3 is 10.1 Å². The fourth-order valence-corrected chi connectivity index (χ4v) is 0.811. The molecule has 0 spiro atoms. The molecular formula is C7H10N4O3. The number of amides is 1. The van der Waals surface area contributed by atoms with Gasteiger partial charge in [-0.3, -0.25) is 9.89 Å². The lowest BCUT2D eigenvalue weighted by molar-refractivity contribution is -0.152. The predicted octanol–water partition coefficient (Wildman–Crippen LogP) is -1.36. The van der Waals surface area contributed by atoms with Gasteiger partial charge in [-0.05, 0) is 0 Å². The molecule has 14 heavy (non-hydrogen) atoms. The van der Waals surface area contributed by atoms with E-state index < -0.39 is 11.9 Å². The number of hydrogen-bond acceptors (Lipinski definition) is 5. The average molecular weight is 198 g/mol. The van der Waals surface area contributed by atoms with Crippen molar-refractivity contribution in [3.05, 3.63) is 12.2 Å². The number of H-pyrrole nitrogens is 1. The van der Waals surface area contributed by atoms with Crippen LogP contribution in [0.15, 0.2) is 6.33 Å². The maximum atomic E-state index is 10.9. The molecule has 0 aliphatic heterocycles. The molecule has 0 aromatic carbocycles. The Kier molecular flexibility index (Phi) is 3.59. The van der Waals surface area contributed by atoms with Crippen molar-refractivity contribution in [2.75, 3.05) is 13.7 Å². The van der Waals surface area contributed by atoms with Crippen LogP contribution in [0.5, 0.6) is 0 Å². The fourth-order valence-electron chi connectivity index (χ4n) is 0.811.